The molecule has 2 rings (SSSR count). The second-order valence-electron chi connectivity index (χ2n) is 2.35. The molecule has 1 heteroatoms. The molecule has 0 bridgehead atoms. The van der Waals surface area contributed by atoms with Crippen molar-refractivity contribution in [2.45, 2.75) is 0 Å². The van der Waals surface area contributed by atoms with Gasteiger partial charge in [0.05, 0.1) is 0 Å². The van der Waals surface area contributed by atoms with Gasteiger partial charge in [-0.3, -0.25) is 0 Å². The molecule has 0 unspecified atom stereocenters. The molecule has 0 aliphatic rings. The average molecular weight is 266 g/mol. The molecule has 2 aromatic rings. The van der Waals surface area contributed by atoms with Crippen molar-refractivity contribution in [3.63, 3.8) is 0 Å². The van der Waals surface area contributed by atoms with Gasteiger partial charge in [0.2, 0.25) is 0 Å². The first-order chi connectivity index (χ1) is 4.97. The fraction of sp³-hybridized carbons (Fsp3) is 0. The first-order valence-corrected chi connectivity index (χ1v) is 3.40. The molecule has 2 aromatic carbocycles. The van der Waals surface area contributed by atoms with E-state index in [0.29, 0.717) is 0 Å². The normalized spacial score (nSPS) is 9.09. The summed E-state index contributed by atoms with van der Waals surface area (Å²) in [5.74, 6) is 0. The Bertz CT molecular complexity index is 276. The van der Waals surface area contributed by atoms with Crippen LogP contribution in [0.3, 0.4) is 0 Å². The van der Waals surface area contributed by atoms with E-state index in [-0.39, 0.29) is 48.9 Å². The second kappa shape index (κ2) is 4.34. The summed E-state index contributed by atoms with van der Waals surface area (Å²) in [7, 11) is 0. The van der Waals surface area contributed by atoms with Gasteiger partial charge in [-0.25, -0.2) is 0 Å². The average Bonchev–Trinajstić information content (AvgIpc) is 2.05. The van der Waals surface area contributed by atoms with Crippen LogP contribution in [-0.4, -0.2) is 48.9 Å². The molecule has 0 N–H and O–H groups in total. The smallest absolute Gasteiger partial charge is 0 e. The van der Waals surface area contributed by atoms with E-state index in [1.807, 2.05) is 0 Å². The molecule has 0 aliphatic heterocycles. The Morgan fingerprint density at radius 3 is 1.09 bits per heavy atom. The van der Waals surface area contributed by atoms with Crippen molar-refractivity contribution < 1.29 is 0 Å². The minimum absolute atomic E-state index is 0. The first kappa shape index (κ1) is 9.36. The molecule has 0 aromatic heterocycles. The van der Waals surface area contributed by atoms with Crippen LogP contribution in [0.1, 0.15) is 0 Å². The minimum Gasteiger partial charge on any atom is -0.0616 e. The molecule has 0 aliphatic carbocycles. The molecule has 0 fully saturated rings. The molecule has 0 amide bonds. The molecule has 0 saturated heterocycles. The molecular weight excluding hydrogens is 257 g/mol. The van der Waals surface area contributed by atoms with Crippen LogP contribution in [0.5, 0.6) is 0 Å². The van der Waals surface area contributed by atoms with Crippen LogP contribution in [0.2, 0.25) is 0 Å². The second-order valence-corrected chi connectivity index (χ2v) is 2.35. The zero-order valence-corrected chi connectivity index (χ0v) is 10.8. The Labute approximate surface area is 107 Å². The fourth-order valence-electron chi connectivity index (χ4n) is 1.13. The Kier molecular flexibility index (Phi) is 3.69. The molecule has 0 heterocycles. The van der Waals surface area contributed by atoms with E-state index in [1.165, 1.54) is 10.8 Å². The summed E-state index contributed by atoms with van der Waals surface area (Å²) in [6.07, 6.45) is 0. The fourth-order valence-corrected chi connectivity index (χ4v) is 1.13. The van der Waals surface area contributed by atoms with Crippen molar-refractivity contribution in [3.05, 3.63) is 48.5 Å². The summed E-state index contributed by atoms with van der Waals surface area (Å²) < 4.78 is 0. The summed E-state index contributed by atoms with van der Waals surface area (Å²) in [4.78, 5) is 0. The van der Waals surface area contributed by atoms with Crippen LogP contribution < -0.4 is 0 Å². The van der Waals surface area contributed by atoms with Crippen molar-refractivity contribution >= 4 is 59.7 Å². The van der Waals surface area contributed by atoms with Crippen molar-refractivity contribution in [2.24, 2.45) is 0 Å². The first-order valence-electron chi connectivity index (χ1n) is 3.40. The van der Waals surface area contributed by atoms with Gasteiger partial charge < -0.3 is 0 Å². The third kappa shape index (κ3) is 2.10. The van der Waals surface area contributed by atoms with E-state index >= 15 is 0 Å². The van der Waals surface area contributed by atoms with Gasteiger partial charge >= 0.3 is 0 Å². The summed E-state index contributed by atoms with van der Waals surface area (Å²) in [6.45, 7) is 0. The van der Waals surface area contributed by atoms with E-state index in [2.05, 4.69) is 48.5 Å². The summed E-state index contributed by atoms with van der Waals surface area (Å²) in [5, 5.41) is 2.62. The largest absolute Gasteiger partial charge is 0.0616 e. The summed E-state index contributed by atoms with van der Waals surface area (Å²) >= 11 is 0. The zero-order chi connectivity index (χ0) is 6.81. The predicted molar refractivity (Wildman–Crippen MR) is 49.7 cm³/mol. The van der Waals surface area contributed by atoms with Crippen molar-refractivity contribution in [1.82, 2.24) is 0 Å². The van der Waals surface area contributed by atoms with Crippen LogP contribution in [0.15, 0.2) is 48.5 Å². The number of fused-ring (bicyclic) bond motifs is 1. The van der Waals surface area contributed by atoms with Gasteiger partial charge in [-0.1, -0.05) is 48.5 Å². The summed E-state index contributed by atoms with van der Waals surface area (Å²) in [5.41, 5.74) is 0. The minimum atomic E-state index is 0. The maximum Gasteiger partial charge on any atom is 0 e. The zero-order valence-electron chi connectivity index (χ0n) is 6.33. The molecule has 0 saturated carbocycles. The van der Waals surface area contributed by atoms with Crippen LogP contribution in [-0.2, 0) is 0 Å². The van der Waals surface area contributed by atoms with Crippen molar-refractivity contribution in [2.75, 3.05) is 0 Å². The number of hydrogen-bond acceptors (Lipinski definition) is 0. The molecule has 2 radical (unpaired) electrons. The molecule has 11 heavy (non-hydrogen) atoms. The van der Waals surface area contributed by atoms with Crippen molar-refractivity contribution in [1.29, 1.82) is 0 Å². The molecule has 0 nitrogen and oxygen atoms in total. The Morgan fingerprint density at radius 2 is 0.818 bits per heavy atom. The van der Waals surface area contributed by atoms with Crippen LogP contribution in [0.25, 0.3) is 10.8 Å². The van der Waals surface area contributed by atoms with Gasteiger partial charge in [-0.05, 0) is 10.8 Å². The predicted octanol–water partition coefficient (Wildman–Crippen LogP) is 2.46. The third-order valence-corrected chi connectivity index (χ3v) is 1.66. The quantitative estimate of drug-likeness (QED) is 0.642. The topological polar surface area (TPSA) is 0 Å². The van der Waals surface area contributed by atoms with E-state index in [1.54, 1.807) is 0 Å². The van der Waals surface area contributed by atoms with Gasteiger partial charge in [-0.2, -0.15) is 0 Å². The van der Waals surface area contributed by atoms with Gasteiger partial charge in [0.25, 0.3) is 0 Å². The van der Waals surface area contributed by atoms with Crippen LogP contribution in [0.4, 0.5) is 0 Å². The van der Waals surface area contributed by atoms with Crippen LogP contribution >= 0.6 is 0 Å². The van der Waals surface area contributed by atoms with E-state index in [4.69, 9.17) is 0 Å². The third-order valence-electron chi connectivity index (χ3n) is 1.66. The number of rotatable bonds is 0. The van der Waals surface area contributed by atoms with Gasteiger partial charge in [0, 0.05) is 48.9 Å². The summed E-state index contributed by atoms with van der Waals surface area (Å²) in [6, 6.07) is 16.7. The monoisotopic (exact) mass is 266 g/mol. The molecular formula is C10H8Ba. The van der Waals surface area contributed by atoms with E-state index < -0.39 is 0 Å². The maximum atomic E-state index is 2.12. The van der Waals surface area contributed by atoms with E-state index in [0.717, 1.165) is 0 Å². The SMILES string of the molecule is [Ba].c1ccc2ccccc2c1. The Morgan fingerprint density at radius 1 is 0.545 bits per heavy atom. The molecule has 0 atom stereocenters. The Hall–Kier alpha value is 0.271. The standard InChI is InChI=1S/C10H8.Ba/c1-2-6-10-8-4-3-7-9(10)5-1;/h1-8H;. The number of hydrogen-bond donors (Lipinski definition) is 0. The maximum absolute atomic E-state index is 2.12. The molecule has 50 valence electrons. The van der Waals surface area contributed by atoms with Gasteiger partial charge in [0.1, 0.15) is 0 Å². The van der Waals surface area contributed by atoms with Gasteiger partial charge in [0.15, 0.2) is 0 Å². The Balaban J connectivity index is 0.000000605. The van der Waals surface area contributed by atoms with Crippen molar-refractivity contribution in [3.8, 4) is 0 Å². The van der Waals surface area contributed by atoms with E-state index in [9.17, 15) is 0 Å². The van der Waals surface area contributed by atoms with Gasteiger partial charge in [-0.15, -0.1) is 0 Å². The van der Waals surface area contributed by atoms with Crippen LogP contribution in [0, 0.1) is 0 Å². The molecule has 0 spiro atoms. The number of benzene rings is 2.